The Bertz CT molecular complexity index is 546. The number of alkyl carbamates (subject to hydrolysis) is 1. The van der Waals surface area contributed by atoms with Crippen molar-refractivity contribution in [3.63, 3.8) is 0 Å². The molecule has 108 valence electrons. The van der Waals surface area contributed by atoms with Crippen LogP contribution in [0.5, 0.6) is 0 Å². The Kier molecular flexibility index (Phi) is 4.85. The molecule has 0 aliphatic rings. The van der Waals surface area contributed by atoms with Crippen LogP contribution in [0.3, 0.4) is 0 Å². The first-order valence-corrected chi connectivity index (χ1v) is 5.88. The van der Waals surface area contributed by atoms with Gasteiger partial charge in [-0.1, -0.05) is 18.2 Å². The molecule has 0 spiro atoms. The van der Waals surface area contributed by atoms with Crippen LogP contribution in [-0.4, -0.2) is 22.8 Å². The Morgan fingerprint density at radius 1 is 1.30 bits per heavy atom. The minimum Gasteiger partial charge on any atom is -0.477 e. The first-order valence-electron chi connectivity index (χ1n) is 5.88. The van der Waals surface area contributed by atoms with Gasteiger partial charge in [0, 0.05) is 5.56 Å². The molecule has 0 bridgehead atoms. The summed E-state index contributed by atoms with van der Waals surface area (Å²) in [7, 11) is 0. The van der Waals surface area contributed by atoms with Crippen molar-refractivity contribution >= 4 is 18.1 Å². The first-order chi connectivity index (χ1) is 9.19. The van der Waals surface area contributed by atoms with E-state index in [-0.39, 0.29) is 5.56 Å². The molecule has 6 heteroatoms. The number of ether oxygens (including phenoxy) is 1. The molecule has 0 unspecified atom stereocenters. The predicted molar refractivity (Wildman–Crippen MR) is 71.4 cm³/mol. The molecule has 0 fully saturated rings. The van der Waals surface area contributed by atoms with Gasteiger partial charge in [-0.2, -0.15) is 0 Å². The van der Waals surface area contributed by atoms with Gasteiger partial charge < -0.3 is 9.84 Å². The van der Waals surface area contributed by atoms with Crippen molar-refractivity contribution in [3.05, 3.63) is 41.3 Å². The average Bonchev–Trinajstić information content (AvgIpc) is 2.28. The number of rotatable bonds is 3. The van der Waals surface area contributed by atoms with Crippen molar-refractivity contribution in [2.45, 2.75) is 26.4 Å². The van der Waals surface area contributed by atoms with Crippen LogP contribution < -0.4 is 5.32 Å². The zero-order chi connectivity index (χ0) is 15.3. The van der Waals surface area contributed by atoms with E-state index in [4.69, 9.17) is 9.84 Å². The van der Waals surface area contributed by atoms with E-state index in [1.165, 1.54) is 18.2 Å². The van der Waals surface area contributed by atoms with E-state index in [9.17, 15) is 14.0 Å². The van der Waals surface area contributed by atoms with E-state index in [0.29, 0.717) is 0 Å². The largest absolute Gasteiger partial charge is 0.477 e. The number of carbonyl (C=O) groups is 2. The van der Waals surface area contributed by atoms with Crippen LogP contribution in [0.4, 0.5) is 9.18 Å². The predicted octanol–water partition coefficient (Wildman–Crippen LogP) is 2.78. The van der Waals surface area contributed by atoms with Gasteiger partial charge in [0.05, 0.1) is 0 Å². The SMILES string of the molecule is CC(C)(C)OC(=O)N/C(=C\c1ccccc1F)C(=O)O. The molecular weight excluding hydrogens is 265 g/mol. The lowest BCUT2D eigenvalue weighted by Crippen LogP contribution is -2.34. The molecule has 0 radical (unpaired) electrons. The smallest absolute Gasteiger partial charge is 0.412 e. The number of halogens is 1. The zero-order valence-corrected chi connectivity index (χ0v) is 11.4. The second-order valence-electron chi connectivity index (χ2n) is 5.01. The second-order valence-corrected chi connectivity index (χ2v) is 5.01. The van der Waals surface area contributed by atoms with Crippen molar-refractivity contribution in [1.82, 2.24) is 5.32 Å². The van der Waals surface area contributed by atoms with Crippen molar-refractivity contribution in [2.75, 3.05) is 0 Å². The fraction of sp³-hybridized carbons (Fsp3) is 0.286. The van der Waals surface area contributed by atoms with Gasteiger partial charge >= 0.3 is 12.1 Å². The summed E-state index contributed by atoms with van der Waals surface area (Å²) in [4.78, 5) is 22.6. The molecule has 1 aromatic rings. The zero-order valence-electron chi connectivity index (χ0n) is 11.4. The minimum absolute atomic E-state index is 0.0564. The highest BCUT2D eigenvalue weighted by atomic mass is 19.1. The lowest BCUT2D eigenvalue weighted by atomic mass is 10.2. The van der Waals surface area contributed by atoms with Gasteiger partial charge in [-0.25, -0.2) is 14.0 Å². The van der Waals surface area contributed by atoms with Gasteiger partial charge in [0.25, 0.3) is 0 Å². The molecule has 0 aliphatic heterocycles. The van der Waals surface area contributed by atoms with Crippen LogP contribution in [0.25, 0.3) is 6.08 Å². The monoisotopic (exact) mass is 281 g/mol. The fourth-order valence-corrected chi connectivity index (χ4v) is 1.31. The maximum absolute atomic E-state index is 13.4. The highest BCUT2D eigenvalue weighted by Crippen LogP contribution is 2.12. The van der Waals surface area contributed by atoms with Crippen LogP contribution >= 0.6 is 0 Å². The Hall–Kier alpha value is -2.37. The quantitative estimate of drug-likeness (QED) is 0.835. The maximum Gasteiger partial charge on any atom is 0.412 e. The summed E-state index contributed by atoms with van der Waals surface area (Å²) in [5, 5.41) is 11.1. The lowest BCUT2D eigenvalue weighted by molar-refractivity contribution is -0.133. The molecule has 0 aliphatic carbocycles. The molecule has 5 nitrogen and oxygen atoms in total. The molecule has 2 N–H and O–H groups in total. The van der Waals surface area contributed by atoms with Crippen LogP contribution in [-0.2, 0) is 9.53 Å². The number of amides is 1. The van der Waals surface area contributed by atoms with Crippen molar-refractivity contribution < 1.29 is 23.8 Å². The molecule has 0 saturated heterocycles. The average molecular weight is 281 g/mol. The van der Waals surface area contributed by atoms with Crippen LogP contribution in [0, 0.1) is 5.82 Å². The van der Waals surface area contributed by atoms with E-state index in [1.54, 1.807) is 26.8 Å². The van der Waals surface area contributed by atoms with E-state index >= 15 is 0 Å². The van der Waals surface area contributed by atoms with Gasteiger partial charge in [0.1, 0.15) is 17.1 Å². The van der Waals surface area contributed by atoms with Crippen LogP contribution in [0.1, 0.15) is 26.3 Å². The van der Waals surface area contributed by atoms with E-state index < -0.39 is 29.2 Å². The molecular formula is C14H16FNO4. The minimum atomic E-state index is -1.39. The van der Waals surface area contributed by atoms with Gasteiger partial charge in [-0.05, 0) is 32.9 Å². The van der Waals surface area contributed by atoms with Crippen molar-refractivity contribution in [2.24, 2.45) is 0 Å². The van der Waals surface area contributed by atoms with Gasteiger partial charge in [-0.3, -0.25) is 5.32 Å². The van der Waals surface area contributed by atoms with E-state index in [1.807, 2.05) is 0 Å². The van der Waals surface area contributed by atoms with Crippen LogP contribution in [0.15, 0.2) is 30.0 Å². The summed E-state index contributed by atoms with van der Waals surface area (Å²) in [6.07, 6.45) is 0.115. The topological polar surface area (TPSA) is 75.6 Å². The second kappa shape index (κ2) is 6.18. The molecule has 1 amide bonds. The number of aliphatic carboxylic acids is 1. The Morgan fingerprint density at radius 2 is 1.90 bits per heavy atom. The number of carbonyl (C=O) groups excluding carboxylic acids is 1. The van der Waals surface area contributed by atoms with Crippen LogP contribution in [0.2, 0.25) is 0 Å². The van der Waals surface area contributed by atoms with Gasteiger partial charge in [0.2, 0.25) is 0 Å². The molecule has 1 aromatic carbocycles. The Labute approximate surface area is 116 Å². The van der Waals surface area contributed by atoms with E-state index in [2.05, 4.69) is 5.32 Å². The third-order valence-corrected chi connectivity index (χ3v) is 2.07. The summed E-state index contributed by atoms with van der Waals surface area (Å²) < 4.78 is 18.4. The molecule has 0 aromatic heterocycles. The first kappa shape index (κ1) is 15.7. The molecule has 0 heterocycles. The molecule has 1 rings (SSSR count). The highest BCUT2D eigenvalue weighted by Gasteiger charge is 2.19. The van der Waals surface area contributed by atoms with Crippen molar-refractivity contribution in [1.29, 1.82) is 0 Å². The molecule has 0 atom stereocenters. The number of benzene rings is 1. The van der Waals surface area contributed by atoms with Gasteiger partial charge in [-0.15, -0.1) is 0 Å². The number of carboxylic acid groups (broad SMARTS) is 1. The summed E-state index contributed by atoms with van der Waals surface area (Å²) in [5.41, 5.74) is -1.17. The summed E-state index contributed by atoms with van der Waals surface area (Å²) in [5.74, 6) is -1.98. The Balaban J connectivity index is 2.94. The summed E-state index contributed by atoms with van der Waals surface area (Å²) in [6, 6.07) is 5.63. The Morgan fingerprint density at radius 3 is 2.40 bits per heavy atom. The third kappa shape index (κ3) is 5.09. The number of hydrogen-bond acceptors (Lipinski definition) is 3. The number of carboxylic acids is 1. The summed E-state index contributed by atoms with van der Waals surface area (Å²) in [6.45, 7) is 4.94. The van der Waals surface area contributed by atoms with Crippen molar-refractivity contribution in [3.8, 4) is 0 Å². The third-order valence-electron chi connectivity index (χ3n) is 2.07. The summed E-state index contributed by atoms with van der Waals surface area (Å²) >= 11 is 0. The molecule has 0 saturated carbocycles. The maximum atomic E-state index is 13.4. The fourth-order valence-electron chi connectivity index (χ4n) is 1.31. The normalized spacial score (nSPS) is 11.9. The standard InChI is InChI=1S/C14H16FNO4/c1-14(2,3)20-13(19)16-11(12(17)18)8-9-6-4-5-7-10(9)15/h4-8H,1-3H3,(H,16,19)(H,17,18)/b11-8-. The number of nitrogens with one attached hydrogen (secondary N) is 1. The van der Waals surface area contributed by atoms with Gasteiger partial charge in [0.15, 0.2) is 0 Å². The molecule has 20 heavy (non-hydrogen) atoms. The highest BCUT2D eigenvalue weighted by molar-refractivity contribution is 5.95. The van der Waals surface area contributed by atoms with E-state index in [0.717, 1.165) is 6.08 Å². The lowest BCUT2D eigenvalue weighted by Gasteiger charge is -2.19. The number of hydrogen-bond donors (Lipinski definition) is 2.